The summed E-state index contributed by atoms with van der Waals surface area (Å²) in [4.78, 5) is 16.3. The van der Waals surface area contributed by atoms with Crippen LogP contribution < -0.4 is 5.32 Å². The number of nitrogens with zero attached hydrogens (tertiary/aromatic N) is 1. The average molecular weight is 365 g/mol. The topological polar surface area (TPSA) is 42.0 Å². The first-order chi connectivity index (χ1) is 11.2. The summed E-state index contributed by atoms with van der Waals surface area (Å²) in [5.41, 5.74) is 6.46. The van der Waals surface area contributed by atoms with E-state index < -0.39 is 0 Å². The van der Waals surface area contributed by atoms with Crippen LogP contribution in [0.5, 0.6) is 0 Å². The molecule has 1 N–H and O–H groups in total. The van der Waals surface area contributed by atoms with Crippen molar-refractivity contribution in [3.05, 3.63) is 82.1 Å². The maximum Gasteiger partial charge on any atom is 0.257 e. The molecule has 0 aliphatic heterocycles. The third kappa shape index (κ3) is 2.66. The Labute approximate surface area is 142 Å². The number of fused-ring (bicyclic) bond motifs is 3. The van der Waals surface area contributed by atoms with Crippen molar-refractivity contribution in [1.82, 2.24) is 4.98 Å². The second-order valence-corrected chi connectivity index (χ2v) is 6.47. The molecular formula is C19H13BrN2O. The number of carbonyl (C=O) groups is 1. The molecule has 0 spiro atoms. The Morgan fingerprint density at radius 2 is 1.83 bits per heavy atom. The number of benzene rings is 2. The number of nitrogens with one attached hydrogen (secondary N) is 1. The number of hydrogen-bond donors (Lipinski definition) is 1. The van der Waals surface area contributed by atoms with E-state index in [1.807, 2.05) is 6.07 Å². The molecule has 0 radical (unpaired) electrons. The molecule has 2 aromatic carbocycles. The fourth-order valence-electron chi connectivity index (χ4n) is 2.96. The molecule has 3 aromatic rings. The summed E-state index contributed by atoms with van der Waals surface area (Å²) in [6.45, 7) is 0. The molecule has 1 aromatic heterocycles. The fourth-order valence-corrected chi connectivity index (χ4v) is 3.33. The summed E-state index contributed by atoms with van der Waals surface area (Å²) in [7, 11) is 0. The Bertz CT molecular complexity index is 921. The molecule has 112 valence electrons. The lowest BCUT2D eigenvalue weighted by molar-refractivity contribution is 0.102. The minimum absolute atomic E-state index is 0.158. The Kier molecular flexibility index (Phi) is 3.46. The maximum absolute atomic E-state index is 12.3. The normalized spacial score (nSPS) is 11.7. The largest absolute Gasteiger partial charge is 0.322 e. The monoisotopic (exact) mass is 364 g/mol. The first-order valence-electron chi connectivity index (χ1n) is 7.34. The second kappa shape index (κ2) is 5.63. The van der Waals surface area contributed by atoms with Gasteiger partial charge >= 0.3 is 0 Å². The van der Waals surface area contributed by atoms with Gasteiger partial charge in [-0.2, -0.15) is 0 Å². The van der Waals surface area contributed by atoms with E-state index in [2.05, 4.69) is 62.6 Å². The van der Waals surface area contributed by atoms with E-state index in [1.165, 1.54) is 22.3 Å². The van der Waals surface area contributed by atoms with Crippen LogP contribution in [0.4, 0.5) is 5.69 Å². The first kappa shape index (κ1) is 14.2. The maximum atomic E-state index is 12.3. The molecule has 0 bridgehead atoms. The molecule has 1 aliphatic rings. The highest BCUT2D eigenvalue weighted by Crippen LogP contribution is 2.37. The highest BCUT2D eigenvalue weighted by Gasteiger charge is 2.18. The molecule has 0 unspecified atom stereocenters. The summed E-state index contributed by atoms with van der Waals surface area (Å²) < 4.78 is 0.787. The van der Waals surface area contributed by atoms with Gasteiger partial charge in [0.25, 0.3) is 5.91 Å². The van der Waals surface area contributed by atoms with E-state index in [1.54, 1.807) is 18.5 Å². The average Bonchev–Trinajstić information content (AvgIpc) is 2.92. The summed E-state index contributed by atoms with van der Waals surface area (Å²) in [5, 5.41) is 2.94. The van der Waals surface area contributed by atoms with Crippen LogP contribution in [0.15, 0.2) is 65.4 Å². The van der Waals surface area contributed by atoms with E-state index in [0.717, 1.165) is 16.6 Å². The third-order valence-electron chi connectivity index (χ3n) is 4.02. The highest BCUT2D eigenvalue weighted by atomic mass is 79.9. The predicted molar refractivity (Wildman–Crippen MR) is 94.6 cm³/mol. The zero-order valence-corrected chi connectivity index (χ0v) is 13.8. The van der Waals surface area contributed by atoms with Crippen molar-refractivity contribution in [1.29, 1.82) is 0 Å². The summed E-state index contributed by atoms with van der Waals surface area (Å²) in [6, 6.07) is 16.3. The van der Waals surface area contributed by atoms with Gasteiger partial charge in [-0.15, -0.1) is 0 Å². The summed E-state index contributed by atoms with van der Waals surface area (Å²) in [5.74, 6) is -0.158. The molecule has 0 fully saturated rings. The van der Waals surface area contributed by atoms with Gasteiger partial charge in [-0.3, -0.25) is 9.78 Å². The van der Waals surface area contributed by atoms with Gasteiger partial charge in [0.1, 0.15) is 0 Å². The van der Waals surface area contributed by atoms with Crippen molar-refractivity contribution in [2.75, 3.05) is 5.32 Å². The summed E-state index contributed by atoms with van der Waals surface area (Å²) >= 11 is 3.33. The van der Waals surface area contributed by atoms with Gasteiger partial charge < -0.3 is 5.32 Å². The SMILES string of the molecule is O=C(Nc1ccc2c(c1)Cc1ccccc1-2)c1cncc(Br)c1. The van der Waals surface area contributed by atoms with Gasteiger partial charge in [-0.05, 0) is 62.8 Å². The molecule has 23 heavy (non-hydrogen) atoms. The van der Waals surface area contributed by atoms with E-state index in [4.69, 9.17) is 0 Å². The number of aromatic nitrogens is 1. The molecule has 0 saturated carbocycles. The molecule has 0 saturated heterocycles. The standard InChI is InChI=1S/C19H13BrN2O/c20-15-8-14(10-21-11-15)19(23)22-16-5-6-18-13(9-16)7-12-3-1-2-4-17(12)18/h1-6,8-11H,7H2,(H,22,23). The molecule has 1 heterocycles. The number of hydrogen-bond acceptors (Lipinski definition) is 2. The minimum Gasteiger partial charge on any atom is -0.322 e. The Morgan fingerprint density at radius 3 is 2.70 bits per heavy atom. The van der Waals surface area contributed by atoms with Crippen LogP contribution in [0.2, 0.25) is 0 Å². The zero-order chi connectivity index (χ0) is 15.8. The number of rotatable bonds is 2. The van der Waals surface area contributed by atoms with E-state index in [9.17, 15) is 4.79 Å². The number of halogens is 1. The van der Waals surface area contributed by atoms with Gasteiger partial charge in [-0.1, -0.05) is 30.3 Å². The Morgan fingerprint density at radius 1 is 1.00 bits per heavy atom. The third-order valence-corrected chi connectivity index (χ3v) is 4.45. The molecule has 4 rings (SSSR count). The van der Waals surface area contributed by atoms with Crippen LogP contribution in [-0.4, -0.2) is 10.9 Å². The van der Waals surface area contributed by atoms with Crippen LogP contribution in [0.25, 0.3) is 11.1 Å². The quantitative estimate of drug-likeness (QED) is 0.561. The van der Waals surface area contributed by atoms with Crippen molar-refractivity contribution in [3.8, 4) is 11.1 Å². The number of amides is 1. The second-order valence-electron chi connectivity index (χ2n) is 5.55. The van der Waals surface area contributed by atoms with Crippen LogP contribution >= 0.6 is 15.9 Å². The molecular weight excluding hydrogens is 352 g/mol. The van der Waals surface area contributed by atoms with Crippen LogP contribution in [0.1, 0.15) is 21.5 Å². The van der Waals surface area contributed by atoms with Crippen LogP contribution in [-0.2, 0) is 6.42 Å². The van der Waals surface area contributed by atoms with E-state index in [0.29, 0.717) is 5.56 Å². The zero-order valence-electron chi connectivity index (χ0n) is 12.2. The van der Waals surface area contributed by atoms with Gasteiger partial charge in [0.2, 0.25) is 0 Å². The lowest BCUT2D eigenvalue weighted by Crippen LogP contribution is -2.12. The number of pyridine rings is 1. The van der Waals surface area contributed by atoms with Crippen molar-refractivity contribution < 1.29 is 4.79 Å². The smallest absolute Gasteiger partial charge is 0.257 e. The first-order valence-corrected chi connectivity index (χ1v) is 8.13. The van der Waals surface area contributed by atoms with Crippen molar-refractivity contribution in [3.63, 3.8) is 0 Å². The predicted octanol–water partition coefficient (Wildman–Crippen LogP) is 4.67. The molecule has 1 amide bonds. The van der Waals surface area contributed by atoms with E-state index in [-0.39, 0.29) is 5.91 Å². The summed E-state index contributed by atoms with van der Waals surface area (Å²) in [6.07, 6.45) is 4.13. The molecule has 4 heteroatoms. The Hall–Kier alpha value is -2.46. The molecule has 3 nitrogen and oxygen atoms in total. The van der Waals surface area contributed by atoms with Crippen LogP contribution in [0.3, 0.4) is 0 Å². The minimum atomic E-state index is -0.158. The van der Waals surface area contributed by atoms with Crippen molar-refractivity contribution >= 4 is 27.5 Å². The molecule has 0 atom stereocenters. The van der Waals surface area contributed by atoms with Gasteiger partial charge in [-0.25, -0.2) is 0 Å². The van der Waals surface area contributed by atoms with Gasteiger partial charge in [0.15, 0.2) is 0 Å². The number of carbonyl (C=O) groups excluding carboxylic acids is 1. The number of anilines is 1. The van der Waals surface area contributed by atoms with Crippen molar-refractivity contribution in [2.24, 2.45) is 0 Å². The van der Waals surface area contributed by atoms with E-state index >= 15 is 0 Å². The van der Waals surface area contributed by atoms with Crippen LogP contribution in [0, 0.1) is 0 Å². The highest BCUT2D eigenvalue weighted by molar-refractivity contribution is 9.10. The van der Waals surface area contributed by atoms with Gasteiger partial charge in [0.05, 0.1) is 5.56 Å². The lowest BCUT2D eigenvalue weighted by atomic mass is 10.1. The Balaban J connectivity index is 1.60. The fraction of sp³-hybridized carbons (Fsp3) is 0.0526. The van der Waals surface area contributed by atoms with Crippen molar-refractivity contribution in [2.45, 2.75) is 6.42 Å². The lowest BCUT2D eigenvalue weighted by Gasteiger charge is -2.08. The molecule has 1 aliphatic carbocycles. The van der Waals surface area contributed by atoms with Gasteiger partial charge in [0, 0.05) is 22.6 Å².